The molecule has 5 aromatic heterocycles. The lowest BCUT2D eigenvalue weighted by molar-refractivity contribution is 1.06. The molecule has 5 heterocycles. The van der Waals surface area contributed by atoms with Gasteiger partial charge in [-0.05, 0) is 84.9 Å². The molecule has 0 spiro atoms. The first-order valence-electron chi connectivity index (χ1n) is 14.6. The fraction of sp³-hybridized carbons (Fsp3) is 0. The van der Waals surface area contributed by atoms with Crippen molar-refractivity contribution in [3.63, 3.8) is 0 Å². The lowest BCUT2D eigenvalue weighted by Crippen LogP contribution is -1.96. The molecule has 5 nitrogen and oxygen atoms in total. The maximum Gasteiger partial charge on any atom is 0.124 e. The smallest absolute Gasteiger partial charge is 0.124 e. The highest BCUT2D eigenvalue weighted by atomic mass is 32.1. The van der Waals surface area contributed by atoms with Crippen LogP contribution in [0.1, 0.15) is 0 Å². The van der Waals surface area contributed by atoms with E-state index in [1.54, 1.807) is 11.3 Å². The second-order valence-electron chi connectivity index (χ2n) is 10.9. The summed E-state index contributed by atoms with van der Waals surface area (Å²) in [4.78, 5) is 9.80. The van der Waals surface area contributed by atoms with E-state index in [4.69, 9.17) is 9.97 Å². The van der Waals surface area contributed by atoms with E-state index in [1.807, 2.05) is 36.8 Å². The molecule has 0 aliphatic heterocycles. The minimum atomic E-state index is 0.939. The van der Waals surface area contributed by atoms with Gasteiger partial charge in [-0.2, -0.15) is 0 Å². The molecular formula is C38H25N5S. The van der Waals surface area contributed by atoms with E-state index in [-0.39, 0.29) is 0 Å². The number of rotatable bonds is 5. The Kier molecular flexibility index (Phi) is 5.61. The van der Waals surface area contributed by atoms with Gasteiger partial charge in [0.1, 0.15) is 5.01 Å². The molecule has 0 N–H and O–H groups in total. The first-order valence-corrected chi connectivity index (χ1v) is 15.4. The molecule has 0 bridgehead atoms. The second kappa shape index (κ2) is 9.93. The summed E-state index contributed by atoms with van der Waals surface area (Å²) in [5.74, 6) is 0. The molecule has 0 atom stereocenters. The van der Waals surface area contributed by atoms with Crippen LogP contribution in [0, 0.1) is 0 Å². The van der Waals surface area contributed by atoms with Gasteiger partial charge in [0.25, 0.3) is 0 Å². The van der Waals surface area contributed by atoms with Crippen LogP contribution in [0.25, 0.3) is 70.9 Å². The third-order valence-electron chi connectivity index (χ3n) is 8.24. The number of fused-ring (bicyclic) bond motifs is 4. The Morgan fingerprint density at radius 2 is 1.32 bits per heavy atom. The number of para-hydroxylation sites is 1. The highest BCUT2D eigenvalue weighted by Crippen LogP contribution is 2.38. The highest BCUT2D eigenvalue weighted by Gasteiger charge is 2.16. The molecule has 9 rings (SSSR count). The van der Waals surface area contributed by atoms with Crippen molar-refractivity contribution in [1.29, 1.82) is 0 Å². The fourth-order valence-corrected chi connectivity index (χ4v) is 7.07. The van der Waals surface area contributed by atoms with Crippen molar-refractivity contribution >= 4 is 43.4 Å². The van der Waals surface area contributed by atoms with Gasteiger partial charge >= 0.3 is 0 Å². The van der Waals surface area contributed by atoms with E-state index in [9.17, 15) is 0 Å². The van der Waals surface area contributed by atoms with Crippen LogP contribution in [0.2, 0.25) is 0 Å². The van der Waals surface area contributed by atoms with Crippen molar-refractivity contribution in [1.82, 2.24) is 23.7 Å². The van der Waals surface area contributed by atoms with Gasteiger partial charge < -0.3 is 13.7 Å². The molecule has 6 heteroatoms. The predicted molar refractivity (Wildman–Crippen MR) is 181 cm³/mol. The first kappa shape index (κ1) is 24.8. The van der Waals surface area contributed by atoms with Crippen molar-refractivity contribution in [3.8, 4) is 38.9 Å². The first-order chi connectivity index (χ1) is 21.8. The molecule has 208 valence electrons. The van der Waals surface area contributed by atoms with Crippen LogP contribution >= 0.6 is 11.3 Å². The maximum absolute atomic E-state index is 4.97. The van der Waals surface area contributed by atoms with E-state index in [2.05, 4.69) is 129 Å². The van der Waals surface area contributed by atoms with E-state index in [1.165, 1.54) is 15.5 Å². The number of benzene rings is 4. The number of pyridine rings is 1. The summed E-state index contributed by atoms with van der Waals surface area (Å²) in [6, 6.07) is 42.8. The van der Waals surface area contributed by atoms with Gasteiger partial charge in [-0.15, -0.1) is 11.3 Å². The second-order valence-corrected chi connectivity index (χ2v) is 11.9. The molecule has 4 aromatic carbocycles. The fourth-order valence-electron chi connectivity index (χ4n) is 6.10. The van der Waals surface area contributed by atoms with Crippen molar-refractivity contribution < 1.29 is 0 Å². The van der Waals surface area contributed by atoms with Gasteiger partial charge in [-0.3, -0.25) is 4.98 Å². The Labute approximate surface area is 257 Å². The van der Waals surface area contributed by atoms with Crippen LogP contribution in [0.5, 0.6) is 0 Å². The lowest BCUT2D eigenvalue weighted by Gasteiger charge is -2.11. The zero-order valence-corrected chi connectivity index (χ0v) is 24.4. The summed E-state index contributed by atoms with van der Waals surface area (Å²) in [6.45, 7) is 0. The number of nitrogens with zero attached hydrogens (tertiary/aromatic N) is 5. The predicted octanol–water partition coefficient (Wildman–Crippen LogP) is 9.70. The Morgan fingerprint density at radius 1 is 0.523 bits per heavy atom. The van der Waals surface area contributed by atoms with Crippen molar-refractivity contribution in [3.05, 3.63) is 152 Å². The zero-order valence-electron chi connectivity index (χ0n) is 23.6. The number of aromatic nitrogens is 5. The van der Waals surface area contributed by atoms with E-state index in [0.717, 1.165) is 55.4 Å². The summed E-state index contributed by atoms with van der Waals surface area (Å²) in [7, 11) is 0. The normalized spacial score (nSPS) is 11.6. The van der Waals surface area contributed by atoms with E-state index >= 15 is 0 Å². The van der Waals surface area contributed by atoms with Crippen LogP contribution in [-0.4, -0.2) is 23.7 Å². The van der Waals surface area contributed by atoms with Crippen LogP contribution < -0.4 is 0 Å². The third kappa shape index (κ3) is 4.07. The number of hydrogen-bond donors (Lipinski definition) is 0. The SMILES string of the molecule is c1cc(-c2ccc(-n3cccc3)cn2)cc(-n2c3ccc(-n4cccc4)cc3c3ccc(-c4nc5ccccc5s4)cc32)c1. The molecule has 44 heavy (non-hydrogen) atoms. The average Bonchev–Trinajstić information content (AvgIpc) is 3.90. The summed E-state index contributed by atoms with van der Waals surface area (Å²) < 4.78 is 7.79. The van der Waals surface area contributed by atoms with Crippen LogP contribution in [0.3, 0.4) is 0 Å². The summed E-state index contributed by atoms with van der Waals surface area (Å²) in [5, 5.41) is 3.44. The van der Waals surface area contributed by atoms with E-state index in [0.29, 0.717) is 0 Å². The molecule has 0 saturated heterocycles. The average molecular weight is 584 g/mol. The van der Waals surface area contributed by atoms with Gasteiger partial charge in [0.05, 0.1) is 38.8 Å². The van der Waals surface area contributed by atoms with Gasteiger partial charge in [-0.1, -0.05) is 36.4 Å². The Bertz CT molecular complexity index is 2400. The maximum atomic E-state index is 4.97. The van der Waals surface area contributed by atoms with Crippen LogP contribution in [-0.2, 0) is 0 Å². The van der Waals surface area contributed by atoms with Gasteiger partial charge in [-0.25, -0.2) is 4.98 Å². The molecule has 9 aromatic rings. The Morgan fingerprint density at radius 3 is 2.11 bits per heavy atom. The summed E-state index contributed by atoms with van der Waals surface area (Å²) in [6.07, 6.45) is 10.2. The minimum Gasteiger partial charge on any atom is -0.324 e. The Balaban J connectivity index is 1.23. The van der Waals surface area contributed by atoms with Gasteiger partial charge in [0.15, 0.2) is 0 Å². The summed E-state index contributed by atoms with van der Waals surface area (Å²) >= 11 is 1.73. The topological polar surface area (TPSA) is 40.6 Å². The zero-order chi connectivity index (χ0) is 29.0. The molecule has 0 saturated carbocycles. The molecule has 0 amide bonds. The number of hydrogen-bond acceptors (Lipinski definition) is 3. The van der Waals surface area contributed by atoms with Crippen molar-refractivity contribution in [2.45, 2.75) is 0 Å². The summed E-state index contributed by atoms with van der Waals surface area (Å²) in [5.41, 5.74) is 9.74. The van der Waals surface area contributed by atoms with Crippen molar-refractivity contribution in [2.75, 3.05) is 0 Å². The monoisotopic (exact) mass is 583 g/mol. The molecule has 0 fully saturated rings. The third-order valence-corrected chi connectivity index (χ3v) is 9.33. The molecule has 0 aliphatic rings. The van der Waals surface area contributed by atoms with Crippen LogP contribution in [0.15, 0.2) is 152 Å². The molecular weight excluding hydrogens is 559 g/mol. The largest absolute Gasteiger partial charge is 0.324 e. The van der Waals surface area contributed by atoms with E-state index < -0.39 is 0 Å². The minimum absolute atomic E-state index is 0.939. The lowest BCUT2D eigenvalue weighted by atomic mass is 10.1. The highest BCUT2D eigenvalue weighted by molar-refractivity contribution is 7.21. The molecule has 0 unspecified atom stereocenters. The van der Waals surface area contributed by atoms with Gasteiger partial charge in [0.2, 0.25) is 0 Å². The van der Waals surface area contributed by atoms with Crippen molar-refractivity contribution in [2.24, 2.45) is 0 Å². The molecule has 0 aliphatic carbocycles. The van der Waals surface area contributed by atoms with Crippen LogP contribution in [0.4, 0.5) is 0 Å². The molecule has 0 radical (unpaired) electrons. The quantitative estimate of drug-likeness (QED) is 0.202. The number of thiazole rings is 1. The standard InChI is InChI=1S/C38H25N5S/c1-2-11-37-34(10-1)40-38(44-37)27-12-15-31-32-24-28(41-18-3-4-19-41)14-17-35(32)43(36(31)23-27)29-9-7-8-26(22-29)33-16-13-30(25-39-33)42-20-5-6-21-42/h1-25H. The Hall–Kier alpha value is -5.72. The van der Waals surface area contributed by atoms with Gasteiger partial charge in [0, 0.05) is 58.1 Å².